The third-order valence-electron chi connectivity index (χ3n) is 1.92. The lowest BCUT2D eigenvalue weighted by molar-refractivity contribution is 0.560. The SMILES string of the molecule is CC(C)CNS(=O)(=O)c1cnn(C)c1N. The van der Waals surface area contributed by atoms with Crippen molar-refractivity contribution >= 4 is 15.8 Å². The average Bonchev–Trinajstić information content (AvgIpc) is 2.45. The average molecular weight is 232 g/mol. The molecule has 0 amide bonds. The quantitative estimate of drug-likeness (QED) is 0.760. The largest absolute Gasteiger partial charge is 0.383 e. The molecule has 0 aliphatic heterocycles. The van der Waals surface area contributed by atoms with Gasteiger partial charge in [-0.3, -0.25) is 4.68 Å². The molecule has 7 heteroatoms. The van der Waals surface area contributed by atoms with E-state index < -0.39 is 10.0 Å². The minimum absolute atomic E-state index is 0.0330. The number of rotatable bonds is 4. The molecule has 1 aromatic heterocycles. The Morgan fingerprint density at radius 3 is 2.60 bits per heavy atom. The zero-order valence-corrected chi connectivity index (χ0v) is 9.87. The van der Waals surface area contributed by atoms with Crippen LogP contribution in [-0.2, 0) is 17.1 Å². The predicted octanol–water partition coefficient (Wildman–Crippen LogP) is -0.0634. The summed E-state index contributed by atoms with van der Waals surface area (Å²) in [6.07, 6.45) is 1.25. The number of hydrogen-bond donors (Lipinski definition) is 2. The number of nitrogens with zero attached hydrogens (tertiary/aromatic N) is 2. The van der Waals surface area contributed by atoms with Crippen molar-refractivity contribution in [3.63, 3.8) is 0 Å². The number of nitrogens with one attached hydrogen (secondary N) is 1. The van der Waals surface area contributed by atoms with Crippen molar-refractivity contribution in [2.45, 2.75) is 18.7 Å². The highest BCUT2D eigenvalue weighted by atomic mass is 32.2. The van der Waals surface area contributed by atoms with Crippen molar-refractivity contribution in [1.82, 2.24) is 14.5 Å². The van der Waals surface area contributed by atoms with Gasteiger partial charge in [-0.15, -0.1) is 0 Å². The molecule has 0 aliphatic rings. The normalized spacial score (nSPS) is 12.3. The number of hydrogen-bond acceptors (Lipinski definition) is 4. The van der Waals surface area contributed by atoms with Gasteiger partial charge >= 0.3 is 0 Å². The molecule has 6 nitrogen and oxygen atoms in total. The van der Waals surface area contributed by atoms with Gasteiger partial charge in [0.15, 0.2) is 0 Å². The van der Waals surface area contributed by atoms with Crippen molar-refractivity contribution in [2.24, 2.45) is 13.0 Å². The molecule has 3 N–H and O–H groups in total. The zero-order valence-electron chi connectivity index (χ0n) is 9.06. The molecular weight excluding hydrogens is 216 g/mol. The first-order valence-corrected chi connectivity index (χ1v) is 6.10. The van der Waals surface area contributed by atoms with Crippen LogP contribution in [0.4, 0.5) is 5.82 Å². The minimum Gasteiger partial charge on any atom is -0.383 e. The highest BCUT2D eigenvalue weighted by Crippen LogP contribution is 2.15. The summed E-state index contributed by atoms with van der Waals surface area (Å²) in [4.78, 5) is 0.0330. The second-order valence-electron chi connectivity index (χ2n) is 3.76. The van der Waals surface area contributed by atoms with Crippen molar-refractivity contribution in [3.05, 3.63) is 6.20 Å². The number of anilines is 1. The molecule has 0 aromatic carbocycles. The lowest BCUT2D eigenvalue weighted by Gasteiger charge is -2.07. The van der Waals surface area contributed by atoms with Crippen LogP contribution < -0.4 is 10.5 Å². The van der Waals surface area contributed by atoms with Crippen molar-refractivity contribution in [3.8, 4) is 0 Å². The summed E-state index contributed by atoms with van der Waals surface area (Å²) in [5.41, 5.74) is 5.58. The van der Waals surface area contributed by atoms with Crippen LogP contribution in [0.25, 0.3) is 0 Å². The maximum absolute atomic E-state index is 11.7. The van der Waals surface area contributed by atoms with Gasteiger partial charge in [-0.2, -0.15) is 5.10 Å². The van der Waals surface area contributed by atoms with Crippen LogP contribution in [0.5, 0.6) is 0 Å². The van der Waals surface area contributed by atoms with Crippen molar-refractivity contribution in [2.75, 3.05) is 12.3 Å². The number of nitrogens with two attached hydrogens (primary N) is 1. The molecule has 1 heterocycles. The molecule has 0 saturated carbocycles. The van der Waals surface area contributed by atoms with Gasteiger partial charge < -0.3 is 5.73 Å². The summed E-state index contributed by atoms with van der Waals surface area (Å²) < 4.78 is 27.2. The van der Waals surface area contributed by atoms with E-state index >= 15 is 0 Å². The first-order valence-electron chi connectivity index (χ1n) is 4.61. The van der Waals surface area contributed by atoms with Gasteiger partial charge in [-0.05, 0) is 5.92 Å². The molecule has 0 spiro atoms. The van der Waals surface area contributed by atoms with Gasteiger partial charge in [0.2, 0.25) is 10.0 Å². The summed E-state index contributed by atoms with van der Waals surface area (Å²) >= 11 is 0. The molecule has 0 aliphatic carbocycles. The summed E-state index contributed by atoms with van der Waals surface area (Å²) in [5, 5.41) is 3.78. The van der Waals surface area contributed by atoms with Crippen LogP contribution in [0.3, 0.4) is 0 Å². The maximum atomic E-state index is 11.7. The summed E-state index contributed by atoms with van der Waals surface area (Å²) in [5.74, 6) is 0.393. The number of aromatic nitrogens is 2. The van der Waals surface area contributed by atoms with E-state index in [1.165, 1.54) is 10.9 Å². The fourth-order valence-corrected chi connectivity index (χ4v) is 2.29. The van der Waals surface area contributed by atoms with E-state index in [9.17, 15) is 8.42 Å². The van der Waals surface area contributed by atoms with Crippen LogP contribution in [0.1, 0.15) is 13.8 Å². The van der Waals surface area contributed by atoms with Crippen LogP contribution in [0, 0.1) is 5.92 Å². The van der Waals surface area contributed by atoms with Gasteiger partial charge in [0.05, 0.1) is 6.20 Å². The molecule has 0 saturated heterocycles. The van der Waals surface area contributed by atoms with E-state index in [2.05, 4.69) is 9.82 Å². The van der Waals surface area contributed by atoms with Gasteiger partial charge in [0.1, 0.15) is 10.7 Å². The van der Waals surface area contributed by atoms with E-state index in [0.29, 0.717) is 6.54 Å². The third-order valence-corrected chi connectivity index (χ3v) is 3.36. The molecule has 15 heavy (non-hydrogen) atoms. The lowest BCUT2D eigenvalue weighted by Crippen LogP contribution is -2.28. The Morgan fingerprint density at radius 1 is 1.60 bits per heavy atom. The molecule has 1 aromatic rings. The molecule has 0 atom stereocenters. The number of sulfonamides is 1. The highest BCUT2D eigenvalue weighted by molar-refractivity contribution is 7.89. The van der Waals surface area contributed by atoms with Crippen LogP contribution in [0.15, 0.2) is 11.1 Å². The zero-order chi connectivity index (χ0) is 11.6. The first kappa shape index (κ1) is 12.0. The Hall–Kier alpha value is -1.08. The monoisotopic (exact) mass is 232 g/mol. The first-order chi connectivity index (χ1) is 6.84. The molecule has 0 fully saturated rings. The van der Waals surface area contributed by atoms with Crippen LogP contribution >= 0.6 is 0 Å². The highest BCUT2D eigenvalue weighted by Gasteiger charge is 2.20. The Kier molecular flexibility index (Phi) is 3.35. The summed E-state index contributed by atoms with van der Waals surface area (Å²) in [6, 6.07) is 0. The third kappa shape index (κ3) is 2.69. The van der Waals surface area contributed by atoms with E-state index in [1.54, 1.807) is 7.05 Å². The predicted molar refractivity (Wildman–Crippen MR) is 57.6 cm³/mol. The maximum Gasteiger partial charge on any atom is 0.245 e. The molecule has 0 radical (unpaired) electrons. The molecular formula is C8H16N4O2S. The Labute approximate surface area is 89.5 Å². The van der Waals surface area contributed by atoms with Crippen LogP contribution in [0.2, 0.25) is 0 Å². The Bertz CT molecular complexity index is 435. The molecule has 1 rings (SSSR count). The van der Waals surface area contributed by atoms with E-state index in [-0.39, 0.29) is 16.6 Å². The summed E-state index contributed by atoms with van der Waals surface area (Å²) in [6.45, 7) is 4.24. The van der Waals surface area contributed by atoms with Gasteiger partial charge in [0.25, 0.3) is 0 Å². The lowest BCUT2D eigenvalue weighted by atomic mass is 10.2. The summed E-state index contributed by atoms with van der Waals surface area (Å²) in [7, 11) is -1.93. The van der Waals surface area contributed by atoms with E-state index in [0.717, 1.165) is 0 Å². The Morgan fingerprint density at radius 2 is 2.20 bits per heavy atom. The number of nitrogen functional groups attached to an aromatic ring is 1. The topological polar surface area (TPSA) is 90.0 Å². The molecule has 0 unspecified atom stereocenters. The van der Waals surface area contributed by atoms with Gasteiger partial charge in [-0.25, -0.2) is 13.1 Å². The smallest absolute Gasteiger partial charge is 0.245 e. The minimum atomic E-state index is -3.52. The van der Waals surface area contributed by atoms with E-state index in [4.69, 9.17) is 5.73 Å². The van der Waals surface area contributed by atoms with Crippen molar-refractivity contribution < 1.29 is 8.42 Å². The van der Waals surface area contributed by atoms with E-state index in [1.807, 2.05) is 13.8 Å². The second-order valence-corrected chi connectivity index (χ2v) is 5.50. The molecule has 0 bridgehead atoms. The molecule has 86 valence electrons. The van der Waals surface area contributed by atoms with Gasteiger partial charge in [-0.1, -0.05) is 13.8 Å². The Balaban J connectivity index is 2.92. The fraction of sp³-hybridized carbons (Fsp3) is 0.625. The van der Waals surface area contributed by atoms with Crippen molar-refractivity contribution in [1.29, 1.82) is 0 Å². The second kappa shape index (κ2) is 4.19. The fourth-order valence-electron chi connectivity index (χ4n) is 0.988. The standard InChI is InChI=1S/C8H16N4O2S/c1-6(2)4-11-15(13,14)7-5-10-12(3)8(7)9/h5-6,11H,4,9H2,1-3H3. The van der Waals surface area contributed by atoms with Crippen LogP contribution in [-0.4, -0.2) is 24.7 Å². The van der Waals surface area contributed by atoms with Gasteiger partial charge in [0, 0.05) is 13.6 Å². The number of aryl methyl sites for hydroxylation is 1.